The van der Waals surface area contributed by atoms with E-state index in [9.17, 15) is 8.78 Å². The second-order valence-corrected chi connectivity index (χ2v) is 2.55. The lowest BCUT2D eigenvalue weighted by atomic mass is 10.4. The summed E-state index contributed by atoms with van der Waals surface area (Å²) in [6.45, 7) is 0. The molecule has 0 unspecified atom stereocenters. The Hall–Kier alpha value is -0.780. The van der Waals surface area contributed by atoms with Gasteiger partial charge in [-0.15, -0.1) is 0 Å². The predicted octanol–water partition coefficient (Wildman–Crippen LogP) is 1.76. The monoisotopic (exact) mass is 223 g/mol. The average molecular weight is 224 g/mol. The van der Waals surface area contributed by atoms with Gasteiger partial charge in [-0.05, 0) is 15.9 Å². The number of anilines is 1. The van der Waals surface area contributed by atoms with E-state index in [1.165, 1.54) is 0 Å². The van der Waals surface area contributed by atoms with Crippen molar-refractivity contribution in [2.24, 2.45) is 0 Å². The highest BCUT2D eigenvalue weighted by atomic mass is 79.9. The van der Waals surface area contributed by atoms with E-state index in [2.05, 4.69) is 25.9 Å². The molecule has 0 aliphatic rings. The summed E-state index contributed by atoms with van der Waals surface area (Å²) in [5.74, 6) is 0.0234. The Morgan fingerprint density at radius 2 is 2.09 bits per heavy atom. The number of nitrogens with two attached hydrogens (primary N) is 1. The van der Waals surface area contributed by atoms with Crippen LogP contribution in [-0.4, -0.2) is 9.97 Å². The molecule has 6 heteroatoms. The standard InChI is InChI=1S/C5H4BrF2N3/c6-2-3(4(7)8)10-1-11-5(2)9/h1,4H,(H2,9,10,11). The van der Waals surface area contributed by atoms with Gasteiger partial charge in [0.1, 0.15) is 17.8 Å². The minimum Gasteiger partial charge on any atom is -0.383 e. The molecular weight excluding hydrogens is 220 g/mol. The molecule has 1 heterocycles. The molecule has 0 radical (unpaired) electrons. The first-order valence-electron chi connectivity index (χ1n) is 2.67. The minimum atomic E-state index is -2.63. The minimum absolute atomic E-state index is 0.0234. The summed E-state index contributed by atoms with van der Waals surface area (Å²) in [5.41, 5.74) is 4.85. The van der Waals surface area contributed by atoms with E-state index in [-0.39, 0.29) is 16.0 Å². The molecule has 1 rings (SSSR count). The molecule has 0 spiro atoms. The Balaban J connectivity index is 3.17. The fourth-order valence-corrected chi connectivity index (χ4v) is 0.928. The largest absolute Gasteiger partial charge is 0.383 e. The molecule has 1 aromatic heterocycles. The molecule has 2 N–H and O–H groups in total. The summed E-state index contributed by atoms with van der Waals surface area (Å²) in [7, 11) is 0. The summed E-state index contributed by atoms with van der Waals surface area (Å²) >= 11 is 2.85. The maximum absolute atomic E-state index is 12.0. The second kappa shape index (κ2) is 3.08. The third-order valence-corrected chi connectivity index (χ3v) is 1.86. The second-order valence-electron chi connectivity index (χ2n) is 1.76. The van der Waals surface area contributed by atoms with E-state index < -0.39 is 6.43 Å². The Labute approximate surface area is 69.8 Å². The van der Waals surface area contributed by atoms with E-state index >= 15 is 0 Å². The molecule has 0 fully saturated rings. The molecule has 0 atom stereocenters. The van der Waals surface area contributed by atoms with Crippen molar-refractivity contribution < 1.29 is 8.78 Å². The lowest BCUT2D eigenvalue weighted by Gasteiger charge is -2.01. The molecule has 0 aliphatic carbocycles. The Morgan fingerprint density at radius 1 is 1.45 bits per heavy atom. The van der Waals surface area contributed by atoms with Crippen molar-refractivity contribution in [1.82, 2.24) is 9.97 Å². The highest BCUT2D eigenvalue weighted by molar-refractivity contribution is 9.10. The van der Waals surface area contributed by atoms with Gasteiger partial charge >= 0.3 is 0 Å². The number of alkyl halides is 2. The van der Waals surface area contributed by atoms with E-state index in [0.29, 0.717) is 0 Å². The first kappa shape index (κ1) is 8.32. The maximum atomic E-state index is 12.0. The van der Waals surface area contributed by atoms with Crippen LogP contribution in [-0.2, 0) is 0 Å². The SMILES string of the molecule is Nc1ncnc(C(F)F)c1Br. The van der Waals surface area contributed by atoms with Gasteiger partial charge in [0.25, 0.3) is 6.43 Å². The number of nitrogens with zero attached hydrogens (tertiary/aromatic N) is 2. The van der Waals surface area contributed by atoms with Gasteiger partial charge in [-0.25, -0.2) is 18.7 Å². The summed E-state index contributed by atoms with van der Waals surface area (Å²) in [4.78, 5) is 6.86. The van der Waals surface area contributed by atoms with E-state index in [4.69, 9.17) is 5.73 Å². The predicted molar refractivity (Wildman–Crippen MR) is 39.1 cm³/mol. The Kier molecular flexibility index (Phi) is 2.33. The molecule has 0 bridgehead atoms. The van der Waals surface area contributed by atoms with Gasteiger partial charge in [0.15, 0.2) is 0 Å². The van der Waals surface area contributed by atoms with Crippen molar-refractivity contribution in [2.45, 2.75) is 6.43 Å². The lowest BCUT2D eigenvalue weighted by molar-refractivity contribution is 0.145. The Bertz CT molecular complexity index is 266. The summed E-state index contributed by atoms with van der Waals surface area (Å²) < 4.78 is 24.1. The van der Waals surface area contributed by atoms with Crippen LogP contribution < -0.4 is 5.73 Å². The molecule has 11 heavy (non-hydrogen) atoms. The molecule has 0 saturated heterocycles. The van der Waals surface area contributed by atoms with Crippen molar-refractivity contribution in [1.29, 1.82) is 0 Å². The zero-order valence-electron chi connectivity index (χ0n) is 5.26. The lowest BCUT2D eigenvalue weighted by Crippen LogP contribution is -1.98. The van der Waals surface area contributed by atoms with E-state index in [1.807, 2.05) is 0 Å². The average Bonchev–Trinajstić information content (AvgIpc) is 1.94. The molecule has 0 aromatic carbocycles. The number of halogens is 3. The fraction of sp³-hybridized carbons (Fsp3) is 0.200. The summed E-state index contributed by atoms with van der Waals surface area (Å²) in [5, 5.41) is 0. The van der Waals surface area contributed by atoms with Crippen molar-refractivity contribution in [2.75, 3.05) is 5.73 Å². The number of nitrogen functional groups attached to an aromatic ring is 1. The van der Waals surface area contributed by atoms with Gasteiger partial charge < -0.3 is 5.73 Å². The molecular formula is C5H4BrF2N3. The molecule has 0 amide bonds. The Morgan fingerprint density at radius 3 is 2.55 bits per heavy atom. The van der Waals surface area contributed by atoms with Gasteiger partial charge in [-0.3, -0.25) is 0 Å². The normalized spacial score (nSPS) is 10.5. The van der Waals surface area contributed by atoms with Crippen LogP contribution >= 0.6 is 15.9 Å². The first-order chi connectivity index (χ1) is 5.13. The maximum Gasteiger partial charge on any atom is 0.281 e. The van der Waals surface area contributed by atoms with Gasteiger partial charge in [-0.1, -0.05) is 0 Å². The smallest absolute Gasteiger partial charge is 0.281 e. The molecule has 0 saturated carbocycles. The number of aromatic nitrogens is 2. The van der Waals surface area contributed by atoms with Gasteiger partial charge in [0.2, 0.25) is 0 Å². The first-order valence-corrected chi connectivity index (χ1v) is 3.46. The van der Waals surface area contributed by atoms with Crippen LogP contribution in [0.4, 0.5) is 14.6 Å². The van der Waals surface area contributed by atoms with Gasteiger partial charge in [0, 0.05) is 0 Å². The number of hydrogen-bond donors (Lipinski definition) is 1. The van der Waals surface area contributed by atoms with Crippen LogP contribution in [0.5, 0.6) is 0 Å². The van der Waals surface area contributed by atoms with Crippen molar-refractivity contribution in [3.63, 3.8) is 0 Å². The van der Waals surface area contributed by atoms with Crippen LogP contribution in [0.3, 0.4) is 0 Å². The number of hydrogen-bond acceptors (Lipinski definition) is 3. The molecule has 1 aromatic rings. The van der Waals surface area contributed by atoms with Crippen LogP contribution in [0, 0.1) is 0 Å². The van der Waals surface area contributed by atoms with Crippen LogP contribution in [0.1, 0.15) is 12.1 Å². The number of rotatable bonds is 1. The highest BCUT2D eigenvalue weighted by Gasteiger charge is 2.14. The quantitative estimate of drug-likeness (QED) is 0.790. The fourth-order valence-electron chi connectivity index (χ4n) is 0.550. The van der Waals surface area contributed by atoms with Gasteiger partial charge in [0.05, 0.1) is 4.47 Å². The third kappa shape index (κ3) is 1.62. The van der Waals surface area contributed by atoms with Crippen molar-refractivity contribution >= 4 is 21.7 Å². The van der Waals surface area contributed by atoms with Crippen LogP contribution in [0.15, 0.2) is 10.8 Å². The third-order valence-electron chi connectivity index (χ3n) is 1.05. The highest BCUT2D eigenvalue weighted by Crippen LogP contribution is 2.27. The molecule has 0 aliphatic heterocycles. The zero-order valence-corrected chi connectivity index (χ0v) is 6.85. The van der Waals surface area contributed by atoms with Crippen LogP contribution in [0.25, 0.3) is 0 Å². The molecule has 60 valence electrons. The van der Waals surface area contributed by atoms with E-state index in [0.717, 1.165) is 6.33 Å². The zero-order chi connectivity index (χ0) is 8.43. The molecule has 3 nitrogen and oxygen atoms in total. The summed E-state index contributed by atoms with van der Waals surface area (Å²) in [6, 6.07) is 0. The van der Waals surface area contributed by atoms with Crippen molar-refractivity contribution in [3.05, 3.63) is 16.5 Å². The van der Waals surface area contributed by atoms with E-state index in [1.54, 1.807) is 0 Å². The van der Waals surface area contributed by atoms with Crippen molar-refractivity contribution in [3.8, 4) is 0 Å². The topological polar surface area (TPSA) is 51.8 Å². The van der Waals surface area contributed by atoms with Crippen LogP contribution in [0.2, 0.25) is 0 Å². The summed E-state index contributed by atoms with van der Waals surface area (Å²) in [6.07, 6.45) is -1.63. The van der Waals surface area contributed by atoms with Gasteiger partial charge in [-0.2, -0.15) is 0 Å².